The predicted molar refractivity (Wildman–Crippen MR) is 314 cm³/mol. The maximum atomic E-state index is 7.47. The number of fused-ring (bicyclic) bond motifs is 6. The smallest absolute Gasteiger partial charge is 0.309 e. The lowest BCUT2D eigenvalue weighted by molar-refractivity contribution is 0.552. The van der Waals surface area contributed by atoms with E-state index in [1.54, 1.807) is 0 Å². The van der Waals surface area contributed by atoms with E-state index in [-0.39, 0.29) is 43.3 Å². The molecule has 0 unspecified atom stereocenters. The summed E-state index contributed by atoms with van der Waals surface area (Å²) in [6, 6.07) is 19.2. The van der Waals surface area contributed by atoms with E-state index in [0.29, 0.717) is 0 Å². The molecule has 6 nitrogen and oxygen atoms in total. The van der Waals surface area contributed by atoms with Crippen LogP contribution in [0, 0.1) is 0 Å². The summed E-state index contributed by atoms with van der Waals surface area (Å²) in [5.41, 5.74) is 12.9. The molecular formula is C63H96N2O4P2. The Bertz CT molecular complexity index is 2610. The topological polar surface area (TPSA) is 59.0 Å². The van der Waals surface area contributed by atoms with E-state index in [4.69, 9.17) is 16.8 Å². The third-order valence-corrected chi connectivity index (χ3v) is 17.6. The standard InChI is InChI=1S/C63H96N2O4P2/c1-27-64(70-66-52-44(32-40(56(3,4)5)36-48(52)60(15,16)17)45-33-41(57(6,7)8)37-49(53(45)67-70)61(18,19)20)30-29-31-65(28-2)71-68-54-46(34-42(58(9,10)11)38-50(54)62(21,22)23)47-35-43(59(12,13)14)39-51(55(47)69-71)63(24,25)26/h32-39H,27-31H2,1-26H3. The van der Waals surface area contributed by atoms with Gasteiger partial charge in [-0.25, -0.2) is 9.34 Å². The molecule has 4 aromatic carbocycles. The number of hydrogen-bond acceptors (Lipinski definition) is 6. The van der Waals surface area contributed by atoms with Gasteiger partial charge in [0.1, 0.15) is 22.3 Å². The second-order valence-corrected chi connectivity index (χ2v) is 31.7. The van der Waals surface area contributed by atoms with Crippen LogP contribution in [0.2, 0.25) is 0 Å². The van der Waals surface area contributed by atoms with Crippen molar-refractivity contribution in [2.24, 2.45) is 0 Å². The van der Waals surface area contributed by atoms with Crippen LogP contribution in [0.3, 0.4) is 0 Å². The minimum atomic E-state index is -1.56. The van der Waals surface area contributed by atoms with Gasteiger partial charge in [-0.05, 0) is 96.3 Å². The highest BCUT2D eigenvalue weighted by molar-refractivity contribution is 7.39. The van der Waals surface area contributed by atoms with Crippen molar-refractivity contribution < 1.29 is 16.8 Å². The van der Waals surface area contributed by atoms with Gasteiger partial charge in [-0.15, -0.1) is 0 Å². The summed E-state index contributed by atoms with van der Waals surface area (Å²) in [5, 5.41) is 4.52. The SMILES string of the molecule is CCN(CCCN(CC)p1oc2c(C(C)(C)C)cc(C(C)(C)C)cc2c2cc(C(C)(C)C)cc(C(C)(C)C)c2o1)p1oc2c(C(C)(C)C)cc(C(C)(C)C)cc2c2cc(C(C)(C)C)cc(C(C)(C)C)c2o1. The van der Waals surface area contributed by atoms with Crippen LogP contribution < -0.4 is 9.34 Å². The Morgan fingerprint density at radius 3 is 0.662 bits per heavy atom. The number of nitrogens with zero attached hydrogens (tertiary/aromatic N) is 2. The van der Waals surface area contributed by atoms with Gasteiger partial charge in [0.2, 0.25) is 0 Å². The molecule has 0 spiro atoms. The molecule has 0 atom stereocenters. The molecule has 8 heteroatoms. The van der Waals surface area contributed by atoms with Gasteiger partial charge in [-0.2, -0.15) is 0 Å². The summed E-state index contributed by atoms with van der Waals surface area (Å²) in [7, 11) is -3.13. The van der Waals surface area contributed by atoms with Crippen molar-refractivity contribution in [1.82, 2.24) is 0 Å². The lowest BCUT2D eigenvalue weighted by atomic mass is 9.77. The first kappa shape index (κ1) is 56.9. The minimum Gasteiger partial charge on any atom is -0.407 e. The lowest BCUT2D eigenvalue weighted by Gasteiger charge is -2.27. The van der Waals surface area contributed by atoms with E-state index in [2.05, 4.69) is 238 Å². The Kier molecular flexibility index (Phi) is 15.5. The maximum absolute atomic E-state index is 7.47. The van der Waals surface area contributed by atoms with Gasteiger partial charge in [0.15, 0.2) is 0 Å². The summed E-state index contributed by atoms with van der Waals surface area (Å²) < 4.78 is 34.8. The van der Waals surface area contributed by atoms with Gasteiger partial charge in [0.05, 0.1) is 0 Å². The molecule has 2 aromatic heterocycles. The van der Waals surface area contributed by atoms with Crippen molar-refractivity contribution in [2.45, 2.75) is 230 Å². The van der Waals surface area contributed by atoms with Crippen LogP contribution in [0.4, 0.5) is 0 Å². The van der Waals surface area contributed by atoms with Gasteiger partial charge in [0, 0.05) is 70.0 Å². The minimum absolute atomic E-state index is 0.0635. The maximum Gasteiger partial charge on any atom is 0.309 e. The van der Waals surface area contributed by atoms with Gasteiger partial charge < -0.3 is 16.8 Å². The van der Waals surface area contributed by atoms with E-state index < -0.39 is 16.3 Å². The average Bonchev–Trinajstić information content (AvgIpc) is 3.47. The van der Waals surface area contributed by atoms with Crippen molar-refractivity contribution in [1.29, 1.82) is 0 Å². The Balaban J connectivity index is 1.60. The monoisotopic (exact) mass is 1010 g/mol. The molecule has 6 aromatic rings. The average molecular weight is 1010 g/mol. The summed E-state index contributed by atoms with van der Waals surface area (Å²) >= 11 is 0. The number of rotatable bonds is 8. The Labute approximate surface area is 433 Å². The second-order valence-electron chi connectivity index (χ2n) is 28.9. The van der Waals surface area contributed by atoms with Crippen molar-refractivity contribution in [2.75, 3.05) is 35.5 Å². The van der Waals surface area contributed by atoms with E-state index in [9.17, 15) is 0 Å². The van der Waals surface area contributed by atoms with Gasteiger partial charge in [-0.3, -0.25) is 0 Å². The summed E-state index contributed by atoms with van der Waals surface area (Å²) in [6.07, 6.45) is 0.868. The molecular weight excluding hydrogens is 911 g/mol. The molecule has 71 heavy (non-hydrogen) atoms. The van der Waals surface area contributed by atoms with E-state index >= 15 is 0 Å². The molecule has 0 saturated carbocycles. The fourth-order valence-electron chi connectivity index (χ4n) is 9.40. The van der Waals surface area contributed by atoms with E-state index in [0.717, 1.165) is 76.5 Å². The zero-order valence-electron chi connectivity index (χ0n) is 49.6. The van der Waals surface area contributed by atoms with Crippen LogP contribution in [0.15, 0.2) is 65.3 Å². The first-order valence-corrected chi connectivity index (χ1v) is 29.0. The second kappa shape index (κ2) is 19.4. The molecule has 0 N–H and O–H groups in total. The molecule has 0 fully saturated rings. The highest BCUT2D eigenvalue weighted by Crippen LogP contribution is 2.49. The third kappa shape index (κ3) is 12.3. The Morgan fingerprint density at radius 1 is 0.310 bits per heavy atom. The van der Waals surface area contributed by atoms with E-state index in [1.165, 1.54) is 44.5 Å². The molecule has 0 radical (unpaired) electrons. The van der Waals surface area contributed by atoms with Crippen LogP contribution in [0.25, 0.3) is 43.9 Å². The zero-order valence-corrected chi connectivity index (χ0v) is 51.4. The Hall–Kier alpha value is -3.40. The molecule has 0 aliphatic rings. The fourth-order valence-corrected chi connectivity index (χ4v) is 12.4. The molecule has 0 bridgehead atoms. The van der Waals surface area contributed by atoms with Gasteiger partial charge in [0.25, 0.3) is 0 Å². The molecule has 6 rings (SSSR count). The van der Waals surface area contributed by atoms with Crippen molar-refractivity contribution >= 4 is 60.2 Å². The quantitative estimate of drug-likeness (QED) is 0.151. The highest BCUT2D eigenvalue weighted by atomic mass is 31.1. The van der Waals surface area contributed by atoms with Crippen LogP contribution in [-0.4, -0.2) is 26.2 Å². The molecule has 0 saturated heterocycles. The number of benzene rings is 4. The van der Waals surface area contributed by atoms with Crippen LogP contribution >= 0.6 is 16.3 Å². The van der Waals surface area contributed by atoms with Crippen LogP contribution in [-0.2, 0) is 43.3 Å². The van der Waals surface area contributed by atoms with Crippen molar-refractivity contribution in [3.05, 3.63) is 93.0 Å². The zero-order chi connectivity index (χ0) is 53.6. The van der Waals surface area contributed by atoms with Crippen LogP contribution in [0.5, 0.6) is 0 Å². The van der Waals surface area contributed by atoms with Crippen molar-refractivity contribution in [3.8, 4) is 0 Å². The normalized spacial score (nSPS) is 14.0. The predicted octanol–water partition coefficient (Wildman–Crippen LogP) is 20.3. The molecule has 0 aliphatic heterocycles. The first-order valence-electron chi connectivity index (χ1n) is 26.7. The summed E-state index contributed by atoms with van der Waals surface area (Å²) in [4.78, 5) is 0. The highest BCUT2D eigenvalue weighted by Gasteiger charge is 2.32. The van der Waals surface area contributed by atoms with Crippen LogP contribution in [0.1, 0.15) is 231 Å². The molecule has 2 heterocycles. The number of hydrogen-bond donors (Lipinski definition) is 0. The molecule has 0 amide bonds. The Morgan fingerprint density at radius 2 is 0.507 bits per heavy atom. The van der Waals surface area contributed by atoms with Gasteiger partial charge >= 0.3 is 16.3 Å². The van der Waals surface area contributed by atoms with Crippen molar-refractivity contribution in [3.63, 3.8) is 0 Å². The summed E-state index contributed by atoms with van der Waals surface area (Å²) in [5.74, 6) is 0. The van der Waals surface area contributed by atoms with E-state index in [1.807, 2.05) is 0 Å². The first-order chi connectivity index (χ1) is 32.2. The fraction of sp³-hybridized carbons (Fsp3) is 0.619. The molecule has 392 valence electrons. The van der Waals surface area contributed by atoms with Gasteiger partial charge in [-0.1, -0.05) is 204 Å². The largest absolute Gasteiger partial charge is 0.407 e. The molecule has 0 aliphatic carbocycles. The third-order valence-electron chi connectivity index (χ3n) is 14.3. The lowest BCUT2D eigenvalue weighted by Crippen LogP contribution is -2.27. The summed E-state index contributed by atoms with van der Waals surface area (Å²) in [6.45, 7) is 63.2.